The number of fused-ring (bicyclic) bond motifs is 1. The molecule has 0 unspecified atom stereocenters. The summed E-state index contributed by atoms with van der Waals surface area (Å²) in [6.07, 6.45) is 1.70. The molecule has 1 aliphatic heterocycles. The number of hydrogen-bond donors (Lipinski definition) is 2. The normalized spacial score (nSPS) is 19.1. The fourth-order valence-electron chi connectivity index (χ4n) is 4.94. The lowest BCUT2D eigenvalue weighted by Crippen LogP contribution is -2.51. The molecule has 1 aromatic heterocycles. The average Bonchev–Trinajstić information content (AvgIpc) is 3.80. The number of hydrogen-bond acceptors (Lipinski definition) is 7. The molecular formula is C25H25FN4O6S. The zero-order chi connectivity index (χ0) is 26.6. The van der Waals surface area contributed by atoms with E-state index in [-0.39, 0.29) is 43.0 Å². The van der Waals surface area contributed by atoms with Crippen LogP contribution < -0.4 is 10.9 Å². The summed E-state index contributed by atoms with van der Waals surface area (Å²) < 4.78 is 39.3. The molecule has 0 radical (unpaired) electrons. The van der Waals surface area contributed by atoms with Crippen LogP contribution in [0.2, 0.25) is 0 Å². The third-order valence-corrected chi connectivity index (χ3v) is 11.0. The Morgan fingerprint density at radius 3 is 2.41 bits per heavy atom. The van der Waals surface area contributed by atoms with Gasteiger partial charge in [-0.25, -0.2) is 12.8 Å². The van der Waals surface area contributed by atoms with Gasteiger partial charge in [0, 0.05) is 26.2 Å². The average molecular weight is 529 g/mol. The van der Waals surface area contributed by atoms with Crippen molar-refractivity contribution < 1.29 is 27.5 Å². The first-order chi connectivity index (χ1) is 17.6. The molecule has 0 atom stereocenters. The van der Waals surface area contributed by atoms with Crippen LogP contribution in [0, 0.1) is 17.1 Å². The lowest BCUT2D eigenvalue weighted by atomic mass is 10.1. The molecule has 12 heteroatoms. The van der Waals surface area contributed by atoms with Crippen LogP contribution in [0.5, 0.6) is 0 Å². The van der Waals surface area contributed by atoms with E-state index in [1.807, 2.05) is 0 Å². The van der Waals surface area contributed by atoms with Crippen molar-refractivity contribution in [2.24, 2.45) is 0 Å². The standard InChI is InChI=1S/C25H25FN4O6S/c26-19-11-16(1-2-17(19)12-27)13-28-21(32)18-3-4-20-23(34)29(9-10-30(20)22(18)33)14-24(5-6-24)37(35,36)25(15-31)7-8-25/h1-4,11,31H,5-10,13-15H2,(H,28,32). The molecule has 0 bridgehead atoms. The number of nitrogens with one attached hydrogen (secondary N) is 1. The third-order valence-electron chi connectivity index (χ3n) is 7.65. The van der Waals surface area contributed by atoms with E-state index in [9.17, 15) is 32.3 Å². The van der Waals surface area contributed by atoms with Gasteiger partial charge in [-0.2, -0.15) is 5.26 Å². The molecule has 2 heterocycles. The summed E-state index contributed by atoms with van der Waals surface area (Å²) in [6.45, 7) is -0.267. The summed E-state index contributed by atoms with van der Waals surface area (Å²) in [5.74, 6) is -1.89. The highest BCUT2D eigenvalue weighted by molar-refractivity contribution is 7.94. The summed E-state index contributed by atoms with van der Waals surface area (Å²) >= 11 is 0. The van der Waals surface area contributed by atoms with Crippen LogP contribution in [0.4, 0.5) is 4.39 Å². The van der Waals surface area contributed by atoms with E-state index < -0.39 is 49.1 Å². The predicted octanol–water partition coefficient (Wildman–Crippen LogP) is 0.717. The first kappa shape index (κ1) is 25.1. The Morgan fingerprint density at radius 1 is 1.11 bits per heavy atom. The summed E-state index contributed by atoms with van der Waals surface area (Å²) in [6, 6.07) is 8.26. The van der Waals surface area contributed by atoms with Crippen molar-refractivity contribution in [1.29, 1.82) is 5.26 Å². The van der Waals surface area contributed by atoms with Gasteiger partial charge in [0.2, 0.25) is 0 Å². The van der Waals surface area contributed by atoms with Crippen molar-refractivity contribution in [3.63, 3.8) is 0 Å². The maximum absolute atomic E-state index is 13.8. The molecule has 2 amide bonds. The van der Waals surface area contributed by atoms with Crippen LogP contribution in [0.25, 0.3) is 0 Å². The van der Waals surface area contributed by atoms with Gasteiger partial charge in [-0.15, -0.1) is 0 Å². The van der Waals surface area contributed by atoms with Gasteiger partial charge in [-0.3, -0.25) is 14.4 Å². The second-order valence-electron chi connectivity index (χ2n) is 9.95. The van der Waals surface area contributed by atoms with E-state index >= 15 is 0 Å². The highest BCUT2D eigenvalue weighted by Gasteiger charge is 2.67. The molecule has 0 spiro atoms. The van der Waals surface area contributed by atoms with Crippen LogP contribution in [-0.4, -0.2) is 64.0 Å². The Bertz CT molecular complexity index is 1520. The van der Waals surface area contributed by atoms with Crippen molar-refractivity contribution in [2.75, 3.05) is 19.7 Å². The maximum atomic E-state index is 13.8. The lowest BCUT2D eigenvalue weighted by molar-refractivity contribution is 0.0694. The maximum Gasteiger partial charge on any atom is 0.270 e. The van der Waals surface area contributed by atoms with Gasteiger partial charge < -0.3 is 19.9 Å². The summed E-state index contributed by atoms with van der Waals surface area (Å²) in [4.78, 5) is 40.3. The van der Waals surface area contributed by atoms with Crippen molar-refractivity contribution in [3.05, 3.63) is 68.9 Å². The van der Waals surface area contributed by atoms with Crippen LogP contribution in [-0.2, 0) is 22.9 Å². The highest BCUT2D eigenvalue weighted by atomic mass is 32.2. The Balaban J connectivity index is 1.30. The third kappa shape index (κ3) is 4.02. The van der Waals surface area contributed by atoms with Gasteiger partial charge >= 0.3 is 0 Å². The van der Waals surface area contributed by atoms with E-state index in [1.54, 1.807) is 6.07 Å². The molecule has 2 saturated carbocycles. The topological polar surface area (TPSA) is 150 Å². The fraction of sp³-hybridized carbons (Fsp3) is 0.440. The number of sulfone groups is 1. The zero-order valence-electron chi connectivity index (χ0n) is 19.9. The Hall–Kier alpha value is -3.56. The van der Waals surface area contributed by atoms with E-state index in [2.05, 4.69) is 5.32 Å². The number of amides is 2. The van der Waals surface area contributed by atoms with Crippen molar-refractivity contribution in [2.45, 2.75) is 48.3 Å². The number of halogens is 1. The number of aromatic nitrogens is 1. The molecule has 194 valence electrons. The van der Waals surface area contributed by atoms with E-state index in [1.165, 1.54) is 33.7 Å². The van der Waals surface area contributed by atoms with Crippen molar-refractivity contribution >= 4 is 21.7 Å². The fourth-order valence-corrected chi connectivity index (χ4v) is 7.63. The second-order valence-corrected chi connectivity index (χ2v) is 12.7. The van der Waals surface area contributed by atoms with Gasteiger partial charge in [0.15, 0.2) is 9.84 Å². The van der Waals surface area contributed by atoms with Crippen LogP contribution in [0.3, 0.4) is 0 Å². The second kappa shape index (κ2) is 8.78. The minimum atomic E-state index is -3.63. The molecule has 2 fully saturated rings. The number of aliphatic hydroxyl groups excluding tert-OH is 1. The predicted molar refractivity (Wildman–Crippen MR) is 129 cm³/mol. The number of nitriles is 1. The Kier molecular flexibility index (Phi) is 5.96. The first-order valence-corrected chi connectivity index (χ1v) is 13.4. The number of aliphatic hydroxyl groups is 1. The number of pyridine rings is 1. The molecule has 3 aliphatic rings. The first-order valence-electron chi connectivity index (χ1n) is 11.9. The lowest BCUT2D eigenvalue weighted by Gasteiger charge is -2.33. The molecule has 2 aromatic rings. The molecule has 2 aliphatic carbocycles. The van der Waals surface area contributed by atoms with Crippen LogP contribution in [0.1, 0.15) is 57.7 Å². The van der Waals surface area contributed by atoms with Gasteiger partial charge in [0.05, 0.1) is 21.7 Å². The van der Waals surface area contributed by atoms with E-state index in [0.717, 1.165) is 6.07 Å². The molecule has 10 nitrogen and oxygen atoms in total. The number of rotatable bonds is 8. The molecular weight excluding hydrogens is 503 g/mol. The highest BCUT2D eigenvalue weighted by Crippen LogP contribution is 2.56. The SMILES string of the molecule is N#Cc1ccc(CNC(=O)c2ccc3n(c2=O)CCN(CC2(S(=O)(=O)C4(CO)CC4)CC2)C3=O)cc1F. The number of carbonyl (C=O) groups is 2. The summed E-state index contributed by atoms with van der Waals surface area (Å²) in [5.41, 5.74) is -0.475. The molecule has 0 saturated heterocycles. The van der Waals surface area contributed by atoms with Crippen molar-refractivity contribution in [3.8, 4) is 6.07 Å². The molecule has 1 aromatic carbocycles. The summed E-state index contributed by atoms with van der Waals surface area (Å²) in [7, 11) is -3.63. The van der Waals surface area contributed by atoms with Gasteiger partial charge in [-0.1, -0.05) is 6.07 Å². The quantitative estimate of drug-likeness (QED) is 0.513. The molecule has 37 heavy (non-hydrogen) atoms. The minimum absolute atomic E-state index is 0.00744. The number of benzene rings is 1. The van der Waals surface area contributed by atoms with Gasteiger partial charge in [-0.05, 0) is 55.5 Å². The zero-order valence-corrected chi connectivity index (χ0v) is 20.7. The van der Waals surface area contributed by atoms with Crippen LogP contribution in [0.15, 0.2) is 35.1 Å². The molecule has 2 N–H and O–H groups in total. The minimum Gasteiger partial charge on any atom is -0.395 e. The van der Waals surface area contributed by atoms with Gasteiger partial charge in [0.1, 0.15) is 23.1 Å². The van der Waals surface area contributed by atoms with E-state index in [4.69, 9.17) is 5.26 Å². The van der Waals surface area contributed by atoms with Gasteiger partial charge in [0.25, 0.3) is 17.4 Å². The summed E-state index contributed by atoms with van der Waals surface area (Å²) in [5, 5.41) is 21.0. The number of carbonyl (C=O) groups excluding carboxylic acids is 2. The largest absolute Gasteiger partial charge is 0.395 e. The number of nitrogens with zero attached hydrogens (tertiary/aromatic N) is 3. The smallest absolute Gasteiger partial charge is 0.270 e. The monoisotopic (exact) mass is 528 g/mol. The Labute approximate surface area is 212 Å². The van der Waals surface area contributed by atoms with Crippen LogP contribution >= 0.6 is 0 Å². The van der Waals surface area contributed by atoms with E-state index in [0.29, 0.717) is 31.2 Å². The van der Waals surface area contributed by atoms with Crippen molar-refractivity contribution in [1.82, 2.24) is 14.8 Å². The molecule has 5 rings (SSSR count). The Morgan fingerprint density at radius 2 is 1.81 bits per heavy atom.